The fourth-order valence-corrected chi connectivity index (χ4v) is 3.39. The van der Waals surface area contributed by atoms with Crippen LogP contribution in [0.2, 0.25) is 5.15 Å². The molecule has 2 aliphatic rings. The van der Waals surface area contributed by atoms with Crippen molar-refractivity contribution in [2.75, 3.05) is 5.32 Å². The molecule has 102 valence electrons. The lowest BCUT2D eigenvalue weighted by Crippen LogP contribution is -2.22. The highest BCUT2D eigenvalue weighted by Gasteiger charge is 2.48. The maximum Gasteiger partial charge on any atom is 0.228 e. The minimum absolute atomic E-state index is 0.0312. The van der Waals surface area contributed by atoms with Crippen molar-refractivity contribution in [3.8, 4) is 0 Å². The average molecular weight is 288 g/mol. The van der Waals surface area contributed by atoms with Crippen LogP contribution >= 0.6 is 11.6 Å². The van der Waals surface area contributed by atoms with Crippen LogP contribution in [0.25, 0.3) is 11.0 Å². The first kappa shape index (κ1) is 12.1. The molecule has 4 nitrogen and oxygen atoms in total. The molecule has 2 aliphatic carbocycles. The molecular formula is C15H14ClN3O. The topological polar surface area (TPSA) is 54.9 Å². The second-order valence-electron chi connectivity index (χ2n) is 5.77. The zero-order chi connectivity index (χ0) is 13.7. The van der Waals surface area contributed by atoms with Crippen LogP contribution in [0.5, 0.6) is 0 Å². The van der Waals surface area contributed by atoms with Gasteiger partial charge in [-0.3, -0.25) is 4.79 Å². The van der Waals surface area contributed by atoms with Crippen molar-refractivity contribution in [3.05, 3.63) is 29.4 Å². The van der Waals surface area contributed by atoms with Crippen molar-refractivity contribution in [1.82, 2.24) is 9.97 Å². The van der Waals surface area contributed by atoms with E-state index in [4.69, 9.17) is 11.6 Å². The van der Waals surface area contributed by atoms with E-state index in [1.165, 1.54) is 6.42 Å². The Hall–Kier alpha value is -1.68. The molecule has 0 aliphatic heterocycles. The van der Waals surface area contributed by atoms with E-state index in [0.717, 1.165) is 35.7 Å². The molecule has 20 heavy (non-hydrogen) atoms. The third-order valence-electron chi connectivity index (χ3n) is 4.38. The number of halogens is 1. The van der Waals surface area contributed by atoms with Gasteiger partial charge in [0.2, 0.25) is 5.91 Å². The van der Waals surface area contributed by atoms with Crippen molar-refractivity contribution in [2.45, 2.75) is 19.3 Å². The summed E-state index contributed by atoms with van der Waals surface area (Å²) in [5.74, 6) is 2.08. The molecule has 4 rings (SSSR count). The average Bonchev–Trinajstić information content (AvgIpc) is 3.06. The molecule has 2 saturated carbocycles. The van der Waals surface area contributed by atoms with Crippen molar-refractivity contribution >= 4 is 34.4 Å². The standard InChI is InChI=1S/C15H14ClN3O/c16-13-14(18-12-4-2-1-3-11(12)17-13)19-15(20)10-6-8-5-9(8)7-10/h1-4,8-10H,5-7H2,(H,18,19,20). The normalized spacial score (nSPS) is 27.4. The van der Waals surface area contributed by atoms with Crippen molar-refractivity contribution < 1.29 is 4.79 Å². The molecule has 2 unspecified atom stereocenters. The molecule has 5 heteroatoms. The van der Waals surface area contributed by atoms with E-state index >= 15 is 0 Å². The molecule has 1 amide bonds. The molecule has 2 atom stereocenters. The van der Waals surface area contributed by atoms with E-state index in [1.807, 2.05) is 24.3 Å². The van der Waals surface area contributed by atoms with Gasteiger partial charge in [0, 0.05) is 5.92 Å². The fraction of sp³-hybridized carbons (Fsp3) is 0.400. The van der Waals surface area contributed by atoms with Crippen LogP contribution in [0, 0.1) is 17.8 Å². The molecule has 2 aromatic rings. The van der Waals surface area contributed by atoms with Gasteiger partial charge in [-0.1, -0.05) is 23.7 Å². The van der Waals surface area contributed by atoms with E-state index in [-0.39, 0.29) is 17.0 Å². The van der Waals surface area contributed by atoms with E-state index < -0.39 is 0 Å². The molecule has 0 radical (unpaired) electrons. The van der Waals surface area contributed by atoms with Crippen LogP contribution in [-0.2, 0) is 4.79 Å². The van der Waals surface area contributed by atoms with Gasteiger partial charge in [0.05, 0.1) is 11.0 Å². The van der Waals surface area contributed by atoms with Gasteiger partial charge in [-0.2, -0.15) is 0 Å². The Kier molecular flexibility index (Phi) is 2.67. The quantitative estimate of drug-likeness (QED) is 0.922. The monoisotopic (exact) mass is 287 g/mol. The van der Waals surface area contributed by atoms with Crippen LogP contribution < -0.4 is 5.32 Å². The molecule has 1 aromatic heterocycles. The van der Waals surface area contributed by atoms with Crippen LogP contribution in [-0.4, -0.2) is 15.9 Å². The number of hydrogen-bond donors (Lipinski definition) is 1. The van der Waals surface area contributed by atoms with Crippen LogP contribution in [0.1, 0.15) is 19.3 Å². The SMILES string of the molecule is O=C(Nc1nc2ccccc2nc1Cl)C1CC2CC2C1. The molecule has 0 saturated heterocycles. The Morgan fingerprint density at radius 3 is 2.45 bits per heavy atom. The van der Waals surface area contributed by atoms with Crippen molar-refractivity contribution in [1.29, 1.82) is 0 Å². The van der Waals surface area contributed by atoms with Crippen molar-refractivity contribution in [2.24, 2.45) is 17.8 Å². The maximum atomic E-state index is 12.2. The number of fused-ring (bicyclic) bond motifs is 2. The highest BCUT2D eigenvalue weighted by Crippen LogP contribution is 2.54. The number of anilines is 1. The molecule has 2 fully saturated rings. The molecule has 0 bridgehead atoms. The molecule has 1 N–H and O–H groups in total. The molecule has 1 aromatic carbocycles. The first-order chi connectivity index (χ1) is 9.70. The summed E-state index contributed by atoms with van der Waals surface area (Å²) in [7, 11) is 0. The summed E-state index contributed by atoms with van der Waals surface area (Å²) >= 11 is 6.10. The summed E-state index contributed by atoms with van der Waals surface area (Å²) in [4.78, 5) is 20.9. The second kappa shape index (κ2) is 4.42. The predicted octanol–water partition coefficient (Wildman–Crippen LogP) is 3.27. The smallest absolute Gasteiger partial charge is 0.228 e. The minimum atomic E-state index is 0.0312. The summed E-state index contributed by atoms with van der Waals surface area (Å²) in [5.41, 5.74) is 1.47. The maximum absolute atomic E-state index is 12.2. The van der Waals surface area contributed by atoms with Gasteiger partial charge in [-0.25, -0.2) is 9.97 Å². The number of hydrogen-bond acceptors (Lipinski definition) is 3. The number of nitrogens with one attached hydrogen (secondary N) is 1. The second-order valence-corrected chi connectivity index (χ2v) is 6.12. The van der Waals surface area contributed by atoms with E-state index in [0.29, 0.717) is 5.82 Å². The summed E-state index contributed by atoms with van der Waals surface area (Å²) in [6, 6.07) is 7.49. The number of nitrogens with zero attached hydrogens (tertiary/aromatic N) is 2. The summed E-state index contributed by atoms with van der Waals surface area (Å²) in [6.07, 6.45) is 3.32. The fourth-order valence-electron chi connectivity index (χ4n) is 3.21. The van der Waals surface area contributed by atoms with Crippen molar-refractivity contribution in [3.63, 3.8) is 0 Å². The van der Waals surface area contributed by atoms with Crippen LogP contribution in [0.3, 0.4) is 0 Å². The lowest BCUT2D eigenvalue weighted by Gasteiger charge is -2.12. The van der Waals surface area contributed by atoms with Gasteiger partial charge in [0.1, 0.15) is 0 Å². The number of carbonyl (C=O) groups excluding carboxylic acids is 1. The van der Waals surface area contributed by atoms with Gasteiger partial charge < -0.3 is 5.32 Å². The van der Waals surface area contributed by atoms with Gasteiger partial charge in [-0.15, -0.1) is 0 Å². The number of para-hydroxylation sites is 2. The minimum Gasteiger partial charge on any atom is -0.308 e. The number of rotatable bonds is 2. The Bertz CT molecular complexity index is 693. The van der Waals surface area contributed by atoms with E-state index in [2.05, 4.69) is 15.3 Å². The van der Waals surface area contributed by atoms with Gasteiger partial charge in [0.25, 0.3) is 0 Å². The summed E-state index contributed by atoms with van der Waals surface area (Å²) in [5, 5.41) is 3.09. The van der Waals surface area contributed by atoms with Gasteiger partial charge in [0.15, 0.2) is 11.0 Å². The lowest BCUT2D eigenvalue weighted by atomic mass is 10.0. The first-order valence-electron chi connectivity index (χ1n) is 6.94. The van der Waals surface area contributed by atoms with E-state index in [9.17, 15) is 4.79 Å². The number of amides is 1. The zero-order valence-electron chi connectivity index (χ0n) is 10.8. The van der Waals surface area contributed by atoms with Gasteiger partial charge in [-0.05, 0) is 43.2 Å². The predicted molar refractivity (Wildman–Crippen MR) is 77.5 cm³/mol. The Labute approximate surface area is 121 Å². The third-order valence-corrected chi connectivity index (χ3v) is 4.65. The Balaban J connectivity index is 1.58. The number of carbonyl (C=O) groups is 1. The van der Waals surface area contributed by atoms with E-state index in [1.54, 1.807) is 0 Å². The largest absolute Gasteiger partial charge is 0.308 e. The molecular weight excluding hydrogens is 274 g/mol. The van der Waals surface area contributed by atoms with Crippen LogP contribution in [0.4, 0.5) is 5.82 Å². The van der Waals surface area contributed by atoms with Crippen LogP contribution in [0.15, 0.2) is 24.3 Å². The first-order valence-corrected chi connectivity index (χ1v) is 7.31. The summed E-state index contributed by atoms with van der Waals surface area (Å²) in [6.45, 7) is 0. The highest BCUT2D eigenvalue weighted by atomic mass is 35.5. The zero-order valence-corrected chi connectivity index (χ0v) is 11.6. The molecule has 0 spiro atoms. The Morgan fingerprint density at radius 1 is 1.10 bits per heavy atom. The number of benzene rings is 1. The lowest BCUT2D eigenvalue weighted by molar-refractivity contribution is -0.120. The highest BCUT2D eigenvalue weighted by molar-refractivity contribution is 6.32. The molecule has 1 heterocycles. The summed E-state index contributed by atoms with van der Waals surface area (Å²) < 4.78 is 0. The van der Waals surface area contributed by atoms with Gasteiger partial charge >= 0.3 is 0 Å². The number of aromatic nitrogens is 2. The Morgan fingerprint density at radius 2 is 1.75 bits per heavy atom. The third kappa shape index (κ3) is 2.04.